The maximum absolute atomic E-state index is 10.9. The molecule has 91 valence electrons. The van der Waals surface area contributed by atoms with E-state index in [-0.39, 0.29) is 5.71 Å². The normalized spacial score (nSPS) is 12.0. The number of hydrogen-bond donors (Lipinski definition) is 3. The van der Waals surface area contributed by atoms with E-state index < -0.39 is 6.04 Å². The molecule has 18 heavy (non-hydrogen) atoms. The summed E-state index contributed by atoms with van der Waals surface area (Å²) in [4.78, 5) is 17.6. The second kappa shape index (κ2) is 5.88. The van der Waals surface area contributed by atoms with Crippen molar-refractivity contribution in [1.29, 1.82) is 5.41 Å². The van der Waals surface area contributed by atoms with Gasteiger partial charge in [-0.2, -0.15) is 0 Å². The number of rotatable bonds is 6. The predicted octanol–water partition coefficient (Wildman–Crippen LogP) is 1.05. The molecule has 1 aromatic heterocycles. The van der Waals surface area contributed by atoms with E-state index in [1.54, 1.807) is 6.20 Å². The summed E-state index contributed by atoms with van der Waals surface area (Å²) in [5.74, 6) is 0. The van der Waals surface area contributed by atoms with Crippen LogP contribution in [-0.2, 0) is 11.3 Å². The number of benzene rings is 1. The van der Waals surface area contributed by atoms with Crippen molar-refractivity contribution in [2.45, 2.75) is 12.6 Å². The molecule has 3 N–H and O–H groups in total. The van der Waals surface area contributed by atoms with Gasteiger partial charge >= 0.3 is 0 Å². The highest BCUT2D eigenvalue weighted by Crippen LogP contribution is 2.01. The second-order valence-corrected chi connectivity index (χ2v) is 3.79. The second-order valence-electron chi connectivity index (χ2n) is 3.79. The first-order valence-corrected chi connectivity index (χ1v) is 5.54. The number of nitrogens with zero attached hydrogens (tertiary/aromatic N) is 1. The third-order valence-corrected chi connectivity index (χ3v) is 2.53. The van der Waals surface area contributed by atoms with Gasteiger partial charge in [0.25, 0.3) is 0 Å². The zero-order valence-corrected chi connectivity index (χ0v) is 9.68. The lowest BCUT2D eigenvalue weighted by Gasteiger charge is -2.11. The lowest BCUT2D eigenvalue weighted by molar-refractivity contribution is 0.538. The molecule has 0 saturated carbocycles. The molecule has 1 radical (unpaired) electrons. The van der Waals surface area contributed by atoms with Gasteiger partial charge in [0.15, 0.2) is 0 Å². The highest BCUT2D eigenvalue weighted by atomic mass is 16.1. The van der Waals surface area contributed by atoms with Crippen LogP contribution in [0.2, 0.25) is 0 Å². The molecule has 0 aliphatic carbocycles. The minimum Gasteiger partial charge on any atom is -0.351 e. The smallest absolute Gasteiger partial charge is 0.223 e. The molecular weight excluding hydrogens is 228 g/mol. The first kappa shape index (κ1) is 12.2. The summed E-state index contributed by atoms with van der Waals surface area (Å²) in [7, 11) is 0. The number of imidazole rings is 1. The van der Waals surface area contributed by atoms with Gasteiger partial charge in [0, 0.05) is 12.7 Å². The highest BCUT2D eigenvalue weighted by Gasteiger charge is 2.17. The van der Waals surface area contributed by atoms with Crippen LogP contribution in [0, 0.1) is 5.41 Å². The van der Waals surface area contributed by atoms with Crippen LogP contribution in [0.15, 0.2) is 42.9 Å². The van der Waals surface area contributed by atoms with E-state index in [9.17, 15) is 4.79 Å². The van der Waals surface area contributed by atoms with Crippen molar-refractivity contribution in [3.8, 4) is 0 Å². The maximum Gasteiger partial charge on any atom is 0.223 e. The first-order chi connectivity index (χ1) is 8.81. The number of H-pyrrole nitrogens is 1. The molecule has 2 rings (SSSR count). The van der Waals surface area contributed by atoms with Crippen molar-refractivity contribution in [2.75, 3.05) is 0 Å². The molecule has 1 heterocycles. The Kier molecular flexibility index (Phi) is 3.98. The Bertz CT molecular complexity index is 507. The van der Waals surface area contributed by atoms with Crippen LogP contribution in [0.4, 0.5) is 0 Å². The molecule has 0 unspecified atom stereocenters. The van der Waals surface area contributed by atoms with Gasteiger partial charge in [-0.1, -0.05) is 30.3 Å². The number of nitrogens with one attached hydrogen (secondary N) is 3. The van der Waals surface area contributed by atoms with Gasteiger partial charge in [-0.05, 0) is 5.56 Å². The van der Waals surface area contributed by atoms with E-state index in [1.165, 1.54) is 6.33 Å². The zero-order chi connectivity index (χ0) is 12.8. The molecule has 0 aliphatic rings. The van der Waals surface area contributed by atoms with Crippen molar-refractivity contribution in [1.82, 2.24) is 15.3 Å². The number of aromatic nitrogens is 2. The molecule has 5 nitrogen and oxygen atoms in total. The SMILES string of the molecule is N=C(c1c[nH]cn1)[C@H]([C]=O)NCc1ccccc1. The van der Waals surface area contributed by atoms with E-state index in [4.69, 9.17) is 5.41 Å². The Morgan fingerprint density at radius 2 is 2.22 bits per heavy atom. The number of hydrogen-bond acceptors (Lipinski definition) is 4. The maximum atomic E-state index is 10.9. The van der Waals surface area contributed by atoms with E-state index in [0.717, 1.165) is 5.56 Å². The number of aromatic amines is 1. The quantitative estimate of drug-likeness (QED) is 0.661. The van der Waals surface area contributed by atoms with Gasteiger partial charge in [0.05, 0.1) is 12.0 Å². The Morgan fingerprint density at radius 3 is 2.83 bits per heavy atom. The van der Waals surface area contributed by atoms with Crippen LogP contribution < -0.4 is 5.32 Å². The summed E-state index contributed by atoms with van der Waals surface area (Å²) in [6, 6.07) is 8.91. The Balaban J connectivity index is 1.98. The Morgan fingerprint density at radius 1 is 1.44 bits per heavy atom. The van der Waals surface area contributed by atoms with Crippen LogP contribution in [-0.4, -0.2) is 28.0 Å². The first-order valence-electron chi connectivity index (χ1n) is 5.54. The molecule has 0 aliphatic heterocycles. The van der Waals surface area contributed by atoms with E-state index in [1.807, 2.05) is 36.6 Å². The van der Waals surface area contributed by atoms with Gasteiger partial charge in [-0.3, -0.25) is 10.1 Å². The molecule has 1 aromatic carbocycles. The van der Waals surface area contributed by atoms with Crippen LogP contribution in [0.5, 0.6) is 0 Å². The monoisotopic (exact) mass is 241 g/mol. The average Bonchev–Trinajstić information content (AvgIpc) is 2.94. The molecule has 1 atom stereocenters. The Hall–Kier alpha value is -2.27. The molecule has 0 saturated heterocycles. The summed E-state index contributed by atoms with van der Waals surface area (Å²) < 4.78 is 0. The average molecular weight is 241 g/mol. The minimum absolute atomic E-state index is 0.113. The lowest BCUT2D eigenvalue weighted by Crippen LogP contribution is -2.37. The van der Waals surface area contributed by atoms with Gasteiger partial charge in [-0.15, -0.1) is 0 Å². The van der Waals surface area contributed by atoms with E-state index in [0.29, 0.717) is 12.2 Å². The lowest BCUT2D eigenvalue weighted by atomic mass is 10.1. The van der Waals surface area contributed by atoms with Crippen molar-refractivity contribution < 1.29 is 4.79 Å². The zero-order valence-electron chi connectivity index (χ0n) is 9.68. The summed E-state index contributed by atoms with van der Waals surface area (Å²) in [6.07, 6.45) is 4.88. The summed E-state index contributed by atoms with van der Waals surface area (Å²) in [6.45, 7) is 0.507. The van der Waals surface area contributed by atoms with E-state index >= 15 is 0 Å². The molecule has 5 heteroatoms. The molecular formula is C13H13N4O. The Labute approximate surface area is 105 Å². The molecule has 0 bridgehead atoms. The summed E-state index contributed by atoms with van der Waals surface area (Å²) >= 11 is 0. The number of carbonyl (C=O) groups excluding carboxylic acids is 1. The highest BCUT2D eigenvalue weighted by molar-refractivity contribution is 6.08. The summed E-state index contributed by atoms with van der Waals surface area (Å²) in [5, 5.41) is 10.8. The minimum atomic E-state index is -0.770. The summed E-state index contributed by atoms with van der Waals surface area (Å²) in [5.41, 5.74) is 1.61. The topological polar surface area (TPSA) is 81.6 Å². The largest absolute Gasteiger partial charge is 0.351 e. The van der Waals surface area contributed by atoms with Crippen LogP contribution in [0.3, 0.4) is 0 Å². The molecule has 0 fully saturated rings. The van der Waals surface area contributed by atoms with Crippen LogP contribution >= 0.6 is 0 Å². The fourth-order valence-corrected chi connectivity index (χ4v) is 1.57. The molecule has 0 amide bonds. The third-order valence-electron chi connectivity index (χ3n) is 2.53. The van der Waals surface area contributed by atoms with Gasteiger partial charge in [0.2, 0.25) is 6.29 Å². The molecule has 0 spiro atoms. The van der Waals surface area contributed by atoms with Crippen molar-refractivity contribution in [3.63, 3.8) is 0 Å². The van der Waals surface area contributed by atoms with E-state index in [2.05, 4.69) is 15.3 Å². The van der Waals surface area contributed by atoms with Gasteiger partial charge < -0.3 is 10.4 Å². The van der Waals surface area contributed by atoms with Crippen molar-refractivity contribution in [2.24, 2.45) is 0 Å². The fourth-order valence-electron chi connectivity index (χ4n) is 1.57. The van der Waals surface area contributed by atoms with Crippen molar-refractivity contribution >= 4 is 12.0 Å². The van der Waals surface area contributed by atoms with Crippen molar-refractivity contribution in [3.05, 3.63) is 54.1 Å². The van der Waals surface area contributed by atoms with Crippen LogP contribution in [0.25, 0.3) is 0 Å². The predicted molar refractivity (Wildman–Crippen MR) is 68.2 cm³/mol. The van der Waals surface area contributed by atoms with Crippen LogP contribution in [0.1, 0.15) is 11.3 Å². The fraction of sp³-hybridized carbons (Fsp3) is 0.154. The standard InChI is InChI=1S/C13H13N4O/c14-13(11-7-15-9-17-11)12(8-18)16-6-10-4-2-1-3-5-10/h1-5,7,9,12,14,16H,6H2,(H,15,17)/t12-/m0/s1. The van der Waals surface area contributed by atoms with Gasteiger partial charge in [0.1, 0.15) is 11.7 Å². The third kappa shape index (κ3) is 2.89. The van der Waals surface area contributed by atoms with Gasteiger partial charge in [-0.25, -0.2) is 4.98 Å². The molecule has 2 aromatic rings.